The highest BCUT2D eigenvalue weighted by Gasteiger charge is 2.41. The molecule has 2 aromatic rings. The number of hydrogen-bond acceptors (Lipinski definition) is 3. The summed E-state index contributed by atoms with van der Waals surface area (Å²) in [4.78, 5) is 15.1. The van der Waals surface area contributed by atoms with Gasteiger partial charge in [0.25, 0.3) is 0 Å². The van der Waals surface area contributed by atoms with Crippen LogP contribution in [0, 0.1) is 13.8 Å². The Bertz CT molecular complexity index is 918. The summed E-state index contributed by atoms with van der Waals surface area (Å²) in [5.74, 6) is 0.285. The van der Waals surface area contributed by atoms with Crippen molar-refractivity contribution in [3.63, 3.8) is 0 Å². The number of nitrogens with zero attached hydrogens (tertiary/aromatic N) is 1. The minimum absolute atomic E-state index is 0. The highest BCUT2D eigenvalue weighted by molar-refractivity contribution is 6.42. The zero-order valence-corrected chi connectivity index (χ0v) is 18.9. The molecule has 29 heavy (non-hydrogen) atoms. The van der Waals surface area contributed by atoms with Gasteiger partial charge >= 0.3 is 0 Å². The Labute approximate surface area is 188 Å². The maximum atomic E-state index is 12.9. The third kappa shape index (κ3) is 4.22. The molecule has 0 radical (unpaired) electrons. The minimum Gasteiger partial charge on any atom is -0.358 e. The predicted octanol–water partition coefficient (Wildman–Crippen LogP) is 5.33. The molecule has 1 saturated heterocycles. The van der Waals surface area contributed by atoms with Gasteiger partial charge in [0.1, 0.15) is 0 Å². The van der Waals surface area contributed by atoms with E-state index in [2.05, 4.69) is 28.5 Å². The van der Waals surface area contributed by atoms with E-state index in [4.69, 9.17) is 23.2 Å². The van der Waals surface area contributed by atoms with Crippen molar-refractivity contribution < 1.29 is 4.79 Å². The molecule has 2 atom stereocenters. The molecule has 0 aliphatic carbocycles. The Balaban J connectivity index is 0.00000240. The number of carbonyl (C=O) groups excluding carboxylic acids is 1. The average Bonchev–Trinajstić information content (AvgIpc) is 2.82. The molecule has 0 bridgehead atoms. The molecule has 2 aliphatic rings. The van der Waals surface area contributed by atoms with Crippen LogP contribution >= 0.6 is 35.6 Å². The maximum Gasteiger partial charge on any atom is 0.243 e. The molecular formula is C22H26Cl3N3O. The summed E-state index contributed by atoms with van der Waals surface area (Å²) in [6.45, 7) is 6.28. The zero-order chi connectivity index (χ0) is 19.8. The van der Waals surface area contributed by atoms with E-state index in [9.17, 15) is 4.79 Å². The summed E-state index contributed by atoms with van der Waals surface area (Å²) in [5.41, 5.74) is 5.28. The minimum atomic E-state index is -0.0106. The quantitative estimate of drug-likeness (QED) is 0.659. The lowest BCUT2D eigenvalue weighted by molar-refractivity contribution is -0.115. The molecule has 4 nitrogen and oxygen atoms in total. The number of carbonyl (C=O) groups is 1. The highest BCUT2D eigenvalue weighted by atomic mass is 35.5. The number of fused-ring (bicyclic) bond motifs is 3. The summed E-state index contributed by atoms with van der Waals surface area (Å²) < 4.78 is 0. The van der Waals surface area contributed by atoms with E-state index in [1.807, 2.05) is 31.2 Å². The topological polar surface area (TPSA) is 44.4 Å². The van der Waals surface area contributed by atoms with Crippen LogP contribution in [0.1, 0.15) is 35.4 Å². The number of halogens is 3. The number of aryl methyl sites for hydroxylation is 1. The molecule has 1 amide bonds. The first-order valence-electron chi connectivity index (χ1n) is 9.78. The molecule has 1 fully saturated rings. The number of amides is 1. The van der Waals surface area contributed by atoms with Gasteiger partial charge in [-0.25, -0.2) is 0 Å². The van der Waals surface area contributed by atoms with Crippen LogP contribution in [0.25, 0.3) is 0 Å². The lowest BCUT2D eigenvalue weighted by atomic mass is 9.91. The lowest BCUT2D eigenvalue weighted by Gasteiger charge is -2.29. The van der Waals surface area contributed by atoms with Crippen molar-refractivity contribution >= 4 is 52.9 Å². The summed E-state index contributed by atoms with van der Waals surface area (Å²) in [6.07, 6.45) is 1.97. The van der Waals surface area contributed by atoms with Crippen LogP contribution in [0.15, 0.2) is 30.3 Å². The fourth-order valence-electron chi connectivity index (χ4n) is 4.51. The molecule has 2 aromatic carbocycles. The molecule has 0 aromatic heterocycles. The van der Waals surface area contributed by atoms with Crippen LogP contribution in [-0.2, 0) is 4.79 Å². The number of benzene rings is 2. The Kier molecular flexibility index (Phi) is 7.00. The van der Waals surface area contributed by atoms with Crippen LogP contribution in [0.5, 0.6) is 0 Å². The predicted molar refractivity (Wildman–Crippen MR) is 124 cm³/mol. The molecule has 156 valence electrons. The lowest BCUT2D eigenvalue weighted by Crippen LogP contribution is -2.40. The van der Waals surface area contributed by atoms with Gasteiger partial charge in [0.05, 0.1) is 16.6 Å². The van der Waals surface area contributed by atoms with Crippen molar-refractivity contribution in [2.45, 2.75) is 38.6 Å². The van der Waals surface area contributed by atoms with Gasteiger partial charge in [0, 0.05) is 28.9 Å². The summed E-state index contributed by atoms with van der Waals surface area (Å²) in [5, 5.41) is 7.77. The summed E-state index contributed by atoms with van der Waals surface area (Å²) >= 11 is 12.9. The monoisotopic (exact) mass is 453 g/mol. The van der Waals surface area contributed by atoms with Crippen molar-refractivity contribution in [2.75, 3.05) is 29.9 Å². The van der Waals surface area contributed by atoms with E-state index in [1.165, 1.54) is 5.56 Å². The van der Waals surface area contributed by atoms with Crippen molar-refractivity contribution in [3.8, 4) is 0 Å². The fraction of sp³-hybridized carbons (Fsp3) is 0.409. The zero-order valence-electron chi connectivity index (χ0n) is 16.6. The molecule has 2 aliphatic heterocycles. The van der Waals surface area contributed by atoms with Crippen LogP contribution in [0.4, 0.5) is 11.4 Å². The number of hydrogen-bond donors (Lipinski definition) is 2. The molecule has 2 N–H and O–H groups in total. The molecule has 4 rings (SSSR count). The van der Waals surface area contributed by atoms with Gasteiger partial charge in [0.15, 0.2) is 0 Å². The number of nitrogens with one attached hydrogen (secondary N) is 2. The number of anilines is 2. The molecule has 7 heteroatoms. The molecule has 2 heterocycles. The van der Waals surface area contributed by atoms with Crippen molar-refractivity contribution in [3.05, 3.63) is 57.1 Å². The van der Waals surface area contributed by atoms with E-state index < -0.39 is 0 Å². The molecule has 0 saturated carbocycles. The molecular weight excluding hydrogens is 429 g/mol. The number of rotatable bonds is 3. The van der Waals surface area contributed by atoms with Gasteiger partial charge in [-0.2, -0.15) is 0 Å². The van der Waals surface area contributed by atoms with Crippen molar-refractivity contribution in [2.24, 2.45) is 0 Å². The van der Waals surface area contributed by atoms with Gasteiger partial charge in [-0.3, -0.25) is 4.79 Å². The van der Waals surface area contributed by atoms with E-state index in [-0.39, 0.29) is 24.4 Å². The van der Waals surface area contributed by atoms with Gasteiger partial charge in [0.2, 0.25) is 5.91 Å². The average molecular weight is 455 g/mol. The van der Waals surface area contributed by atoms with Crippen molar-refractivity contribution in [1.82, 2.24) is 5.32 Å². The second kappa shape index (κ2) is 9.13. The van der Waals surface area contributed by atoms with Crippen LogP contribution < -0.4 is 15.5 Å². The SMILES string of the molecule is Cc1cccc(NC(=O)CN2c3ccc(Cl)c(Cl)c3[C@@H]3CCNCC[C@@H]32)c1C.Cl. The standard InChI is InChI=1S/C22H25Cl2N3O.ClH/c1-13-4-3-5-17(14(13)2)26-20(28)12-27-18-9-11-25-10-8-15(18)21-19(27)7-6-16(23)22(21)24;/h3-7,15,18,25H,8-12H2,1-2H3,(H,26,28);1H/t15-,18+;/m1./s1. The van der Waals surface area contributed by atoms with E-state index >= 15 is 0 Å². The van der Waals surface area contributed by atoms with Crippen LogP contribution in [-0.4, -0.2) is 31.6 Å². The molecule has 0 spiro atoms. The highest BCUT2D eigenvalue weighted by Crippen LogP contribution is 2.49. The molecule has 0 unspecified atom stereocenters. The summed E-state index contributed by atoms with van der Waals surface area (Å²) in [6, 6.07) is 10.1. The van der Waals surface area contributed by atoms with Crippen LogP contribution in [0.3, 0.4) is 0 Å². The van der Waals surface area contributed by atoms with Gasteiger partial charge in [-0.15, -0.1) is 12.4 Å². The summed E-state index contributed by atoms with van der Waals surface area (Å²) in [7, 11) is 0. The van der Waals surface area contributed by atoms with Gasteiger partial charge in [-0.1, -0.05) is 35.3 Å². The first-order valence-corrected chi connectivity index (χ1v) is 10.5. The Morgan fingerprint density at radius 2 is 1.93 bits per heavy atom. The third-order valence-electron chi connectivity index (χ3n) is 6.10. The second-order valence-corrected chi connectivity index (χ2v) is 8.50. The maximum absolute atomic E-state index is 12.9. The van der Waals surface area contributed by atoms with Gasteiger partial charge < -0.3 is 15.5 Å². The fourth-order valence-corrected chi connectivity index (χ4v) is 4.97. The normalized spacial score (nSPS) is 20.3. The van der Waals surface area contributed by atoms with Crippen LogP contribution in [0.2, 0.25) is 10.0 Å². The van der Waals surface area contributed by atoms with Crippen molar-refractivity contribution in [1.29, 1.82) is 0 Å². The van der Waals surface area contributed by atoms with E-state index in [0.717, 1.165) is 48.4 Å². The second-order valence-electron chi connectivity index (χ2n) is 7.72. The Hall–Kier alpha value is -1.46. The first kappa shape index (κ1) is 22.2. The largest absolute Gasteiger partial charge is 0.358 e. The smallest absolute Gasteiger partial charge is 0.243 e. The third-order valence-corrected chi connectivity index (χ3v) is 6.92. The first-order chi connectivity index (χ1) is 13.5. The Morgan fingerprint density at radius 3 is 2.72 bits per heavy atom. The Morgan fingerprint density at radius 1 is 1.17 bits per heavy atom. The van der Waals surface area contributed by atoms with E-state index in [0.29, 0.717) is 22.5 Å². The van der Waals surface area contributed by atoms with E-state index in [1.54, 1.807) is 0 Å². The van der Waals surface area contributed by atoms with Gasteiger partial charge in [-0.05, 0) is 69.1 Å².